The first-order chi connectivity index (χ1) is 12.9. The number of piperazine rings is 1. The number of hydrogen-bond donors (Lipinski definition) is 2. The standard InChI is InChI=1S/C20H27N3O4/c1-14-2-4-15(5-3-14)18(24)22-10-12-23(13-11-22)20(27)21-17-8-6-16(7-9-17)19(25)26/h2-5,16-17H,6-13H2,1H3,(H,21,27)(H,25,26). The maximum Gasteiger partial charge on any atom is 0.317 e. The van der Waals surface area contributed by atoms with Gasteiger partial charge < -0.3 is 20.2 Å². The van der Waals surface area contributed by atoms with Crippen LogP contribution in [0, 0.1) is 12.8 Å². The number of carboxylic acid groups (broad SMARTS) is 1. The van der Waals surface area contributed by atoms with E-state index >= 15 is 0 Å². The van der Waals surface area contributed by atoms with Crippen molar-refractivity contribution in [2.45, 2.75) is 38.6 Å². The maximum absolute atomic E-state index is 12.5. The van der Waals surface area contributed by atoms with E-state index in [2.05, 4.69) is 5.32 Å². The van der Waals surface area contributed by atoms with Gasteiger partial charge in [0.2, 0.25) is 0 Å². The van der Waals surface area contributed by atoms with Crippen molar-refractivity contribution in [2.24, 2.45) is 5.92 Å². The summed E-state index contributed by atoms with van der Waals surface area (Å²) in [5, 5.41) is 12.1. The molecule has 1 aromatic rings. The molecule has 2 N–H and O–H groups in total. The minimum absolute atomic E-state index is 0.00190. The van der Waals surface area contributed by atoms with Crippen molar-refractivity contribution in [1.82, 2.24) is 15.1 Å². The summed E-state index contributed by atoms with van der Waals surface area (Å²) in [6, 6.07) is 7.46. The first-order valence-corrected chi connectivity index (χ1v) is 9.58. The molecule has 27 heavy (non-hydrogen) atoms. The monoisotopic (exact) mass is 373 g/mol. The Hall–Kier alpha value is -2.57. The molecule has 1 saturated heterocycles. The average Bonchev–Trinajstić information content (AvgIpc) is 2.68. The van der Waals surface area contributed by atoms with Crippen molar-refractivity contribution in [3.05, 3.63) is 35.4 Å². The van der Waals surface area contributed by atoms with E-state index in [1.54, 1.807) is 9.80 Å². The van der Waals surface area contributed by atoms with Gasteiger partial charge in [0.15, 0.2) is 0 Å². The van der Waals surface area contributed by atoms with Crippen LogP contribution in [0.25, 0.3) is 0 Å². The molecule has 0 atom stereocenters. The second-order valence-corrected chi connectivity index (χ2v) is 7.48. The van der Waals surface area contributed by atoms with E-state index in [9.17, 15) is 14.4 Å². The van der Waals surface area contributed by atoms with Crippen LogP contribution < -0.4 is 5.32 Å². The molecule has 3 rings (SSSR count). The van der Waals surface area contributed by atoms with Crippen LogP contribution in [0.5, 0.6) is 0 Å². The van der Waals surface area contributed by atoms with Crippen molar-refractivity contribution in [3.8, 4) is 0 Å². The molecule has 0 unspecified atom stereocenters. The number of rotatable bonds is 3. The van der Waals surface area contributed by atoms with Gasteiger partial charge in [-0.05, 0) is 44.7 Å². The van der Waals surface area contributed by atoms with Crippen molar-refractivity contribution in [3.63, 3.8) is 0 Å². The molecule has 2 aliphatic rings. The molecule has 1 aliphatic carbocycles. The third-order valence-corrected chi connectivity index (χ3v) is 5.56. The minimum atomic E-state index is -0.742. The number of benzene rings is 1. The summed E-state index contributed by atoms with van der Waals surface area (Å²) in [6.45, 7) is 4.04. The highest BCUT2D eigenvalue weighted by molar-refractivity contribution is 5.94. The number of carbonyl (C=O) groups excluding carboxylic acids is 2. The topological polar surface area (TPSA) is 90.0 Å². The zero-order valence-corrected chi connectivity index (χ0v) is 15.7. The van der Waals surface area contributed by atoms with Crippen molar-refractivity contribution in [1.29, 1.82) is 0 Å². The molecule has 7 nitrogen and oxygen atoms in total. The highest BCUT2D eigenvalue weighted by Crippen LogP contribution is 2.24. The van der Waals surface area contributed by atoms with E-state index in [1.165, 1.54) is 0 Å². The second-order valence-electron chi connectivity index (χ2n) is 7.48. The molecule has 2 fully saturated rings. The van der Waals surface area contributed by atoms with Gasteiger partial charge in [-0.15, -0.1) is 0 Å². The summed E-state index contributed by atoms with van der Waals surface area (Å²) in [6.07, 6.45) is 2.63. The van der Waals surface area contributed by atoms with Crippen LogP contribution in [0.3, 0.4) is 0 Å². The molecule has 0 aromatic heterocycles. The van der Waals surface area contributed by atoms with Gasteiger partial charge in [-0.2, -0.15) is 0 Å². The van der Waals surface area contributed by atoms with E-state index in [-0.39, 0.29) is 23.9 Å². The number of hydrogen-bond acceptors (Lipinski definition) is 3. The number of carbonyl (C=O) groups is 3. The third kappa shape index (κ3) is 4.78. The lowest BCUT2D eigenvalue weighted by atomic mass is 9.86. The van der Waals surface area contributed by atoms with E-state index in [0.29, 0.717) is 57.4 Å². The Bertz CT molecular complexity index is 688. The SMILES string of the molecule is Cc1ccc(C(=O)N2CCN(C(=O)NC3CCC(C(=O)O)CC3)CC2)cc1. The lowest BCUT2D eigenvalue weighted by molar-refractivity contribution is -0.142. The number of nitrogens with one attached hydrogen (secondary N) is 1. The van der Waals surface area contributed by atoms with Gasteiger partial charge in [-0.1, -0.05) is 17.7 Å². The fourth-order valence-corrected chi connectivity index (χ4v) is 3.74. The van der Waals surface area contributed by atoms with Crippen LogP contribution in [0.15, 0.2) is 24.3 Å². The van der Waals surface area contributed by atoms with Gasteiger partial charge in [0.25, 0.3) is 5.91 Å². The van der Waals surface area contributed by atoms with Crippen LogP contribution >= 0.6 is 0 Å². The van der Waals surface area contributed by atoms with Crippen LogP contribution in [-0.2, 0) is 4.79 Å². The smallest absolute Gasteiger partial charge is 0.317 e. The van der Waals surface area contributed by atoms with Crippen molar-refractivity contribution >= 4 is 17.9 Å². The summed E-state index contributed by atoms with van der Waals surface area (Å²) in [4.78, 5) is 39.5. The van der Waals surface area contributed by atoms with Crippen LogP contribution in [0.1, 0.15) is 41.6 Å². The van der Waals surface area contributed by atoms with E-state index in [1.807, 2.05) is 31.2 Å². The lowest BCUT2D eigenvalue weighted by Gasteiger charge is -2.36. The van der Waals surface area contributed by atoms with Gasteiger partial charge >= 0.3 is 12.0 Å². The van der Waals surface area contributed by atoms with Crippen molar-refractivity contribution in [2.75, 3.05) is 26.2 Å². The summed E-state index contributed by atoms with van der Waals surface area (Å²) in [5.74, 6) is -1.02. The highest BCUT2D eigenvalue weighted by Gasteiger charge is 2.29. The average molecular weight is 373 g/mol. The highest BCUT2D eigenvalue weighted by atomic mass is 16.4. The number of aliphatic carboxylic acids is 1. The van der Waals surface area contributed by atoms with Crippen LogP contribution in [0.2, 0.25) is 0 Å². The number of carboxylic acids is 1. The van der Waals surface area contributed by atoms with E-state index < -0.39 is 5.97 Å². The molecule has 3 amide bonds. The molecular weight excluding hydrogens is 346 g/mol. The number of amides is 3. The van der Waals surface area contributed by atoms with Gasteiger partial charge in [0.1, 0.15) is 0 Å². The Balaban J connectivity index is 1.45. The maximum atomic E-state index is 12.5. The van der Waals surface area contributed by atoms with Gasteiger partial charge in [-0.25, -0.2) is 4.79 Å². The van der Waals surface area contributed by atoms with E-state index in [0.717, 1.165) is 5.56 Å². The Labute approximate surface area is 159 Å². The Kier molecular flexibility index (Phi) is 5.98. The predicted octanol–water partition coefficient (Wildman–Crippen LogP) is 2.11. The molecule has 0 spiro atoms. The quantitative estimate of drug-likeness (QED) is 0.849. The normalized spacial score (nSPS) is 23.0. The summed E-state index contributed by atoms with van der Waals surface area (Å²) in [7, 11) is 0. The zero-order chi connectivity index (χ0) is 19.4. The van der Waals surface area contributed by atoms with E-state index in [4.69, 9.17) is 5.11 Å². The first kappa shape index (κ1) is 19.2. The number of aryl methyl sites for hydroxylation is 1. The molecule has 1 aliphatic heterocycles. The Morgan fingerprint density at radius 2 is 1.48 bits per heavy atom. The molecule has 146 valence electrons. The summed E-state index contributed by atoms with van der Waals surface area (Å²) in [5.41, 5.74) is 1.79. The predicted molar refractivity (Wildman–Crippen MR) is 101 cm³/mol. The fourth-order valence-electron chi connectivity index (χ4n) is 3.74. The summed E-state index contributed by atoms with van der Waals surface area (Å²) >= 11 is 0. The van der Waals surface area contributed by atoms with Gasteiger partial charge in [0.05, 0.1) is 5.92 Å². The summed E-state index contributed by atoms with van der Waals surface area (Å²) < 4.78 is 0. The molecule has 1 aromatic carbocycles. The Morgan fingerprint density at radius 1 is 0.926 bits per heavy atom. The number of nitrogens with zero attached hydrogens (tertiary/aromatic N) is 2. The molecule has 0 bridgehead atoms. The first-order valence-electron chi connectivity index (χ1n) is 9.58. The lowest BCUT2D eigenvalue weighted by Crippen LogP contribution is -2.54. The second kappa shape index (κ2) is 8.41. The Morgan fingerprint density at radius 3 is 2.04 bits per heavy atom. The van der Waals surface area contributed by atoms with Gasteiger partial charge in [-0.3, -0.25) is 9.59 Å². The van der Waals surface area contributed by atoms with Crippen LogP contribution in [0.4, 0.5) is 4.79 Å². The molecular formula is C20H27N3O4. The zero-order valence-electron chi connectivity index (χ0n) is 15.7. The van der Waals surface area contributed by atoms with Crippen molar-refractivity contribution < 1.29 is 19.5 Å². The molecule has 1 saturated carbocycles. The van der Waals surface area contributed by atoms with Gasteiger partial charge in [0, 0.05) is 37.8 Å². The third-order valence-electron chi connectivity index (χ3n) is 5.56. The minimum Gasteiger partial charge on any atom is -0.481 e. The molecule has 0 radical (unpaired) electrons. The largest absolute Gasteiger partial charge is 0.481 e. The number of urea groups is 1. The molecule has 7 heteroatoms. The fraction of sp³-hybridized carbons (Fsp3) is 0.550. The molecule has 1 heterocycles. The van der Waals surface area contributed by atoms with Crippen LogP contribution in [-0.4, -0.2) is 65.0 Å².